The van der Waals surface area contributed by atoms with Gasteiger partial charge in [0.1, 0.15) is 5.82 Å². The first kappa shape index (κ1) is 13.8. The number of allylic oxidation sites excluding steroid dienone is 1. The quantitative estimate of drug-likeness (QED) is 0.643. The lowest BCUT2D eigenvalue weighted by Crippen LogP contribution is -1.94. The van der Waals surface area contributed by atoms with E-state index >= 15 is 0 Å². The van der Waals surface area contributed by atoms with Crippen LogP contribution in [0.1, 0.15) is 11.3 Å². The number of halogens is 1. The van der Waals surface area contributed by atoms with Crippen LogP contribution >= 0.6 is 0 Å². The molecule has 1 heterocycles. The highest BCUT2D eigenvalue weighted by Crippen LogP contribution is 2.21. The molecule has 0 saturated heterocycles. The van der Waals surface area contributed by atoms with E-state index < -0.39 is 0 Å². The van der Waals surface area contributed by atoms with Crippen molar-refractivity contribution in [2.75, 3.05) is 0 Å². The second-order valence-electron chi connectivity index (χ2n) is 4.82. The van der Waals surface area contributed by atoms with Crippen molar-refractivity contribution in [1.82, 2.24) is 4.57 Å². The first-order valence-corrected chi connectivity index (χ1v) is 6.88. The molecule has 0 unspecified atom stereocenters. The normalized spacial score (nSPS) is 11.2. The largest absolute Gasteiger partial charge is 0.317 e. The number of benzene rings is 2. The fourth-order valence-corrected chi connectivity index (χ4v) is 2.32. The highest BCUT2D eigenvalue weighted by atomic mass is 19.1. The number of rotatable bonds is 3. The third-order valence-electron chi connectivity index (χ3n) is 3.36. The summed E-state index contributed by atoms with van der Waals surface area (Å²) >= 11 is 0. The molecule has 0 aliphatic heterocycles. The molecule has 0 aliphatic carbocycles. The molecule has 0 atom stereocenters. The molecule has 0 aliphatic rings. The number of nitrogens with zero attached hydrogens (tertiary/aromatic N) is 2. The van der Waals surface area contributed by atoms with E-state index in [1.807, 2.05) is 53.2 Å². The van der Waals surface area contributed by atoms with Gasteiger partial charge in [0.2, 0.25) is 0 Å². The third kappa shape index (κ3) is 2.82. The predicted molar refractivity (Wildman–Crippen MR) is 85.7 cm³/mol. The van der Waals surface area contributed by atoms with Crippen molar-refractivity contribution in [2.24, 2.45) is 0 Å². The summed E-state index contributed by atoms with van der Waals surface area (Å²) in [6, 6.07) is 21.9. The molecule has 0 saturated carbocycles. The van der Waals surface area contributed by atoms with Crippen molar-refractivity contribution >= 4 is 11.6 Å². The molecule has 3 heteroatoms. The van der Waals surface area contributed by atoms with Crippen LogP contribution in [0.25, 0.3) is 17.3 Å². The van der Waals surface area contributed by atoms with Crippen molar-refractivity contribution in [3.05, 3.63) is 90.0 Å². The van der Waals surface area contributed by atoms with Gasteiger partial charge < -0.3 is 4.57 Å². The number of hydrogen-bond donors (Lipinski definition) is 0. The van der Waals surface area contributed by atoms with Crippen molar-refractivity contribution < 1.29 is 4.39 Å². The molecule has 3 aromatic rings. The lowest BCUT2D eigenvalue weighted by Gasteiger charge is -2.07. The highest BCUT2D eigenvalue weighted by Gasteiger charge is 2.06. The lowest BCUT2D eigenvalue weighted by atomic mass is 10.1. The van der Waals surface area contributed by atoms with Crippen LogP contribution in [0.4, 0.5) is 4.39 Å². The van der Waals surface area contributed by atoms with Crippen LogP contribution in [-0.2, 0) is 0 Å². The summed E-state index contributed by atoms with van der Waals surface area (Å²) in [5.41, 5.74) is 2.88. The minimum Gasteiger partial charge on any atom is -0.317 e. The fourth-order valence-electron chi connectivity index (χ4n) is 2.32. The molecule has 1 aromatic heterocycles. The van der Waals surface area contributed by atoms with Gasteiger partial charge in [-0.25, -0.2) is 4.39 Å². The Morgan fingerprint density at radius 1 is 1.00 bits per heavy atom. The summed E-state index contributed by atoms with van der Waals surface area (Å²) < 4.78 is 15.3. The van der Waals surface area contributed by atoms with Crippen LogP contribution in [0.2, 0.25) is 0 Å². The van der Waals surface area contributed by atoms with Crippen molar-refractivity contribution in [2.45, 2.75) is 0 Å². The van der Waals surface area contributed by atoms with Gasteiger partial charge in [-0.05, 0) is 48.0 Å². The standard InChI is InChI=1S/C19H13FN2/c20-17-7-4-6-15(12-17)16(14-21)13-19-10-5-11-22(19)18-8-2-1-3-9-18/h1-13H/b16-13-. The zero-order valence-corrected chi connectivity index (χ0v) is 11.8. The van der Waals surface area contributed by atoms with E-state index in [0.29, 0.717) is 11.1 Å². The van der Waals surface area contributed by atoms with E-state index in [0.717, 1.165) is 11.4 Å². The average molecular weight is 288 g/mol. The smallest absolute Gasteiger partial charge is 0.123 e. The Labute approximate surface area is 128 Å². The Hall–Kier alpha value is -3.12. The zero-order valence-electron chi connectivity index (χ0n) is 11.8. The van der Waals surface area contributed by atoms with Crippen LogP contribution in [0.3, 0.4) is 0 Å². The predicted octanol–water partition coefficient (Wildman–Crippen LogP) is 4.68. The number of para-hydroxylation sites is 1. The SMILES string of the molecule is N#C/C(=C/c1cccn1-c1ccccc1)c1cccc(F)c1. The zero-order chi connectivity index (χ0) is 15.4. The molecule has 2 aromatic carbocycles. The van der Waals surface area contributed by atoms with E-state index in [1.54, 1.807) is 18.2 Å². The van der Waals surface area contributed by atoms with Crippen LogP contribution in [0, 0.1) is 17.1 Å². The Bertz CT molecular complexity index is 854. The summed E-state index contributed by atoms with van der Waals surface area (Å²) in [4.78, 5) is 0. The molecule has 2 nitrogen and oxygen atoms in total. The Morgan fingerprint density at radius 2 is 1.82 bits per heavy atom. The Morgan fingerprint density at radius 3 is 2.55 bits per heavy atom. The van der Waals surface area contributed by atoms with Gasteiger partial charge in [0.15, 0.2) is 0 Å². The maximum Gasteiger partial charge on any atom is 0.123 e. The molecule has 0 amide bonds. The fraction of sp³-hybridized carbons (Fsp3) is 0. The van der Waals surface area contributed by atoms with Gasteiger partial charge in [0.05, 0.1) is 11.6 Å². The molecule has 0 N–H and O–H groups in total. The molecular formula is C19H13FN2. The molecule has 22 heavy (non-hydrogen) atoms. The summed E-state index contributed by atoms with van der Waals surface area (Å²) in [5.74, 6) is -0.350. The van der Waals surface area contributed by atoms with Gasteiger partial charge in [0.25, 0.3) is 0 Å². The molecule has 0 bridgehead atoms. The van der Waals surface area contributed by atoms with Crippen LogP contribution in [0.5, 0.6) is 0 Å². The van der Waals surface area contributed by atoms with E-state index in [4.69, 9.17) is 0 Å². The van der Waals surface area contributed by atoms with Crippen LogP contribution in [-0.4, -0.2) is 4.57 Å². The van der Waals surface area contributed by atoms with Gasteiger partial charge in [-0.1, -0.05) is 30.3 Å². The van der Waals surface area contributed by atoms with Crippen LogP contribution < -0.4 is 0 Å². The van der Waals surface area contributed by atoms with E-state index in [9.17, 15) is 9.65 Å². The number of nitriles is 1. The Balaban J connectivity index is 2.05. The number of hydrogen-bond acceptors (Lipinski definition) is 1. The molecule has 106 valence electrons. The summed E-state index contributed by atoms with van der Waals surface area (Å²) in [5, 5.41) is 9.38. The third-order valence-corrected chi connectivity index (χ3v) is 3.36. The number of aromatic nitrogens is 1. The minimum atomic E-state index is -0.350. The van der Waals surface area contributed by atoms with Gasteiger partial charge in [-0.2, -0.15) is 5.26 Å². The van der Waals surface area contributed by atoms with Crippen molar-refractivity contribution in [1.29, 1.82) is 5.26 Å². The lowest BCUT2D eigenvalue weighted by molar-refractivity contribution is 0.627. The topological polar surface area (TPSA) is 28.7 Å². The van der Waals surface area contributed by atoms with Crippen LogP contribution in [0.15, 0.2) is 72.9 Å². The summed E-state index contributed by atoms with van der Waals surface area (Å²) in [6.45, 7) is 0. The molecule has 0 spiro atoms. The first-order valence-electron chi connectivity index (χ1n) is 6.88. The molecule has 0 radical (unpaired) electrons. The maximum absolute atomic E-state index is 13.3. The average Bonchev–Trinajstić information content (AvgIpc) is 3.01. The monoisotopic (exact) mass is 288 g/mol. The molecule has 3 rings (SSSR count). The highest BCUT2D eigenvalue weighted by molar-refractivity contribution is 5.89. The minimum absolute atomic E-state index is 0.350. The Kier molecular flexibility index (Phi) is 3.84. The molecular weight excluding hydrogens is 275 g/mol. The van der Waals surface area contributed by atoms with Gasteiger partial charge >= 0.3 is 0 Å². The van der Waals surface area contributed by atoms with E-state index in [-0.39, 0.29) is 5.82 Å². The molecule has 0 fully saturated rings. The second-order valence-corrected chi connectivity index (χ2v) is 4.82. The van der Waals surface area contributed by atoms with Crippen molar-refractivity contribution in [3.63, 3.8) is 0 Å². The second kappa shape index (κ2) is 6.11. The maximum atomic E-state index is 13.3. The summed E-state index contributed by atoms with van der Waals surface area (Å²) in [7, 11) is 0. The van der Waals surface area contributed by atoms with Gasteiger partial charge in [0, 0.05) is 17.6 Å². The van der Waals surface area contributed by atoms with E-state index in [1.165, 1.54) is 12.1 Å². The van der Waals surface area contributed by atoms with Crippen molar-refractivity contribution in [3.8, 4) is 11.8 Å². The summed E-state index contributed by atoms with van der Waals surface area (Å²) in [6.07, 6.45) is 3.70. The van der Waals surface area contributed by atoms with Gasteiger partial charge in [-0.15, -0.1) is 0 Å². The van der Waals surface area contributed by atoms with E-state index in [2.05, 4.69) is 6.07 Å². The first-order chi connectivity index (χ1) is 10.8. The van der Waals surface area contributed by atoms with Gasteiger partial charge in [-0.3, -0.25) is 0 Å².